The predicted molar refractivity (Wildman–Crippen MR) is 81.9 cm³/mol. The molecule has 2 atom stereocenters. The van der Waals surface area contributed by atoms with Crippen LogP contribution >= 0.6 is 11.6 Å². The van der Waals surface area contributed by atoms with Crippen molar-refractivity contribution >= 4 is 23.3 Å². The number of likely N-dealkylation sites (tertiary alicyclic amines) is 1. The molecule has 1 aliphatic rings. The molecule has 0 aromatic heterocycles. The number of nitro groups is 1. The van der Waals surface area contributed by atoms with Crippen LogP contribution in [0.25, 0.3) is 0 Å². The Morgan fingerprint density at radius 2 is 2.32 bits per heavy atom. The Hall–Kier alpha value is -1.66. The van der Waals surface area contributed by atoms with Gasteiger partial charge in [-0.25, -0.2) is 0 Å². The van der Waals surface area contributed by atoms with Crippen LogP contribution in [0.15, 0.2) is 18.2 Å². The average Bonchev–Trinajstić information content (AvgIpc) is 2.50. The van der Waals surface area contributed by atoms with E-state index >= 15 is 0 Å². The van der Waals surface area contributed by atoms with Gasteiger partial charge in [-0.3, -0.25) is 14.9 Å². The summed E-state index contributed by atoms with van der Waals surface area (Å²) in [5.41, 5.74) is 0.785. The van der Waals surface area contributed by atoms with E-state index in [1.165, 1.54) is 17.0 Å². The first-order valence-electron chi connectivity index (χ1n) is 7.44. The lowest BCUT2D eigenvalue weighted by molar-refractivity contribution is -0.921. The van der Waals surface area contributed by atoms with Crippen molar-refractivity contribution in [1.29, 1.82) is 0 Å². The number of hydrogen-bond acceptors (Lipinski definition) is 4. The molecule has 0 aliphatic carbocycles. The number of non-ortho nitro benzene ring substituents is 1. The third-order valence-electron chi connectivity index (χ3n) is 3.92. The maximum absolute atomic E-state index is 11.9. The summed E-state index contributed by atoms with van der Waals surface area (Å²) in [4.78, 5) is 23.5. The number of halogens is 1. The van der Waals surface area contributed by atoms with E-state index < -0.39 is 4.92 Å². The van der Waals surface area contributed by atoms with Gasteiger partial charge in [-0.15, -0.1) is 0 Å². The van der Waals surface area contributed by atoms with Crippen LogP contribution in [0.4, 0.5) is 5.69 Å². The minimum atomic E-state index is -0.424. The number of quaternary nitrogens is 1. The van der Waals surface area contributed by atoms with Crippen LogP contribution in [0.3, 0.4) is 0 Å². The molecule has 7 heteroatoms. The summed E-state index contributed by atoms with van der Waals surface area (Å²) in [6.45, 7) is 4.37. The van der Waals surface area contributed by atoms with Crippen molar-refractivity contribution in [3.63, 3.8) is 0 Å². The zero-order chi connectivity index (χ0) is 16.1. The summed E-state index contributed by atoms with van der Waals surface area (Å²) in [7, 11) is 0. The van der Waals surface area contributed by atoms with Gasteiger partial charge < -0.3 is 9.64 Å². The fourth-order valence-corrected chi connectivity index (χ4v) is 3.04. The third-order valence-corrected chi connectivity index (χ3v) is 4.29. The highest BCUT2D eigenvalue weighted by molar-refractivity contribution is 6.31. The summed E-state index contributed by atoms with van der Waals surface area (Å²) in [6.07, 6.45) is 1.77. The Morgan fingerprint density at radius 1 is 1.55 bits per heavy atom. The molecule has 1 aromatic rings. The lowest BCUT2D eigenvalue weighted by atomic mass is 9.97. The minimum absolute atomic E-state index is 0.0396. The van der Waals surface area contributed by atoms with Crippen LogP contribution in [0.2, 0.25) is 5.02 Å². The second-order valence-corrected chi connectivity index (χ2v) is 5.91. The number of nitrogens with one attached hydrogen (secondary N) is 1. The smallest absolute Gasteiger partial charge is 0.314 e. The van der Waals surface area contributed by atoms with Gasteiger partial charge in [0.05, 0.1) is 24.6 Å². The highest BCUT2D eigenvalue weighted by atomic mass is 35.5. The Bertz CT molecular complexity index is 564. The van der Waals surface area contributed by atoms with Crippen molar-refractivity contribution in [2.24, 2.45) is 5.92 Å². The van der Waals surface area contributed by atoms with E-state index in [1.807, 2.05) is 0 Å². The van der Waals surface area contributed by atoms with Gasteiger partial charge in [-0.1, -0.05) is 11.6 Å². The van der Waals surface area contributed by atoms with Crippen LogP contribution in [-0.2, 0) is 16.1 Å². The lowest BCUT2D eigenvalue weighted by Crippen LogP contribution is -3.12. The van der Waals surface area contributed by atoms with E-state index in [1.54, 1.807) is 13.0 Å². The van der Waals surface area contributed by atoms with Gasteiger partial charge in [-0.2, -0.15) is 0 Å². The Labute approximate surface area is 134 Å². The fraction of sp³-hybridized carbons (Fsp3) is 0.533. The normalized spacial score (nSPS) is 21.4. The molecule has 1 N–H and O–H groups in total. The summed E-state index contributed by atoms with van der Waals surface area (Å²) in [5, 5.41) is 11.4. The summed E-state index contributed by atoms with van der Waals surface area (Å²) < 4.78 is 5.09. The fourth-order valence-electron chi connectivity index (χ4n) is 2.85. The topological polar surface area (TPSA) is 73.9 Å². The number of carbonyl (C=O) groups excluding carboxylic acids is 1. The van der Waals surface area contributed by atoms with Crippen molar-refractivity contribution in [2.45, 2.75) is 26.3 Å². The van der Waals surface area contributed by atoms with Gasteiger partial charge in [-0.05, 0) is 25.8 Å². The molecule has 1 unspecified atom stereocenters. The Morgan fingerprint density at radius 3 is 3.00 bits per heavy atom. The van der Waals surface area contributed by atoms with E-state index in [4.69, 9.17) is 16.3 Å². The van der Waals surface area contributed by atoms with Gasteiger partial charge in [0.2, 0.25) is 0 Å². The van der Waals surface area contributed by atoms with E-state index in [9.17, 15) is 14.9 Å². The first-order chi connectivity index (χ1) is 10.5. The van der Waals surface area contributed by atoms with E-state index in [0.717, 1.165) is 24.9 Å². The van der Waals surface area contributed by atoms with E-state index in [-0.39, 0.29) is 17.6 Å². The number of nitro benzene ring substituents is 1. The van der Waals surface area contributed by atoms with Crippen LogP contribution in [-0.4, -0.2) is 30.6 Å². The van der Waals surface area contributed by atoms with Crippen LogP contribution in [0.1, 0.15) is 25.3 Å². The minimum Gasteiger partial charge on any atom is -0.466 e. The summed E-state index contributed by atoms with van der Waals surface area (Å²) in [5.74, 6) is -0.244. The summed E-state index contributed by atoms with van der Waals surface area (Å²) in [6, 6.07) is 4.48. The molecular weight excluding hydrogens is 308 g/mol. The molecule has 1 fully saturated rings. The largest absolute Gasteiger partial charge is 0.466 e. The van der Waals surface area contributed by atoms with Gasteiger partial charge in [0.1, 0.15) is 12.5 Å². The molecule has 0 saturated carbocycles. The number of hydrogen-bond donors (Lipinski definition) is 1. The number of benzene rings is 1. The first-order valence-corrected chi connectivity index (χ1v) is 7.82. The second kappa shape index (κ2) is 7.56. The number of carbonyl (C=O) groups is 1. The highest BCUT2D eigenvalue weighted by Gasteiger charge is 2.30. The van der Waals surface area contributed by atoms with Gasteiger partial charge >= 0.3 is 5.97 Å². The molecular formula is C15H20ClN2O4+. The molecule has 120 valence electrons. The first kappa shape index (κ1) is 16.7. The number of ether oxygens (including phenoxy) is 1. The standard InChI is InChI=1S/C15H19ClN2O4/c1-2-22-15(19)11-4-3-7-17(9-11)10-12-8-13(18(20)21)5-6-14(12)16/h5-6,8,11H,2-4,7,9-10H2,1H3/p+1/t11-/m0/s1. The van der Waals surface area contributed by atoms with Crippen LogP contribution in [0.5, 0.6) is 0 Å². The number of rotatable bonds is 5. The van der Waals surface area contributed by atoms with E-state index in [2.05, 4.69) is 0 Å². The zero-order valence-corrected chi connectivity index (χ0v) is 13.3. The molecule has 1 aromatic carbocycles. The molecule has 0 radical (unpaired) electrons. The molecule has 1 heterocycles. The summed E-state index contributed by atoms with van der Waals surface area (Å²) >= 11 is 6.14. The number of piperidine rings is 1. The highest BCUT2D eigenvalue weighted by Crippen LogP contribution is 2.21. The molecule has 2 rings (SSSR count). The van der Waals surface area contributed by atoms with Gasteiger partial charge in [0.15, 0.2) is 0 Å². The monoisotopic (exact) mass is 327 g/mol. The zero-order valence-electron chi connectivity index (χ0n) is 12.5. The van der Waals surface area contributed by atoms with Gasteiger partial charge in [0.25, 0.3) is 5.69 Å². The maximum Gasteiger partial charge on any atom is 0.314 e. The number of esters is 1. The molecule has 22 heavy (non-hydrogen) atoms. The Kier molecular flexibility index (Phi) is 5.74. The van der Waals surface area contributed by atoms with Crippen LogP contribution < -0.4 is 4.90 Å². The third kappa shape index (κ3) is 4.18. The van der Waals surface area contributed by atoms with Crippen molar-refractivity contribution in [2.75, 3.05) is 19.7 Å². The molecule has 0 spiro atoms. The SMILES string of the molecule is CCOC(=O)[C@H]1CCC[NH+](Cc2cc([N+](=O)[O-])ccc2Cl)C1. The molecule has 1 saturated heterocycles. The molecule has 1 aliphatic heterocycles. The van der Waals surface area contributed by atoms with Crippen LogP contribution in [0, 0.1) is 16.0 Å². The quantitative estimate of drug-likeness (QED) is 0.506. The predicted octanol–water partition coefficient (Wildman–Crippen LogP) is 1.61. The maximum atomic E-state index is 11.9. The molecule has 6 nitrogen and oxygen atoms in total. The van der Waals surface area contributed by atoms with Gasteiger partial charge in [0, 0.05) is 22.7 Å². The second-order valence-electron chi connectivity index (χ2n) is 5.50. The Balaban J connectivity index is 2.05. The van der Waals surface area contributed by atoms with Crippen molar-refractivity contribution in [3.05, 3.63) is 38.9 Å². The van der Waals surface area contributed by atoms with E-state index in [0.29, 0.717) is 24.7 Å². The van der Waals surface area contributed by atoms with Crippen molar-refractivity contribution in [3.8, 4) is 0 Å². The average molecular weight is 328 g/mol. The lowest BCUT2D eigenvalue weighted by Gasteiger charge is -2.28. The van der Waals surface area contributed by atoms with Crippen molar-refractivity contribution in [1.82, 2.24) is 0 Å². The van der Waals surface area contributed by atoms with Crippen molar-refractivity contribution < 1.29 is 19.4 Å². The molecule has 0 amide bonds. The number of nitrogens with zero attached hydrogens (tertiary/aromatic N) is 1. The molecule has 0 bridgehead atoms.